The van der Waals surface area contributed by atoms with Gasteiger partial charge in [-0.05, 0) is 42.8 Å². The van der Waals surface area contributed by atoms with Gasteiger partial charge in [-0.3, -0.25) is 0 Å². The number of halogens is 2. The fourth-order valence-corrected chi connectivity index (χ4v) is 2.81. The second kappa shape index (κ2) is 5.45. The minimum absolute atomic E-state index is 0.0661. The molecule has 1 heterocycles. The molecule has 4 heteroatoms. The quantitative estimate of drug-likeness (QED) is 0.933. The summed E-state index contributed by atoms with van der Waals surface area (Å²) in [6, 6.07) is 7.94. The van der Waals surface area contributed by atoms with Crippen LogP contribution in [0.4, 0.5) is 8.78 Å². The van der Waals surface area contributed by atoms with E-state index < -0.39 is 17.7 Å². The molecule has 0 aliphatic carbocycles. The highest BCUT2D eigenvalue weighted by atomic mass is 19.1. The molecule has 0 spiro atoms. The van der Waals surface area contributed by atoms with Crippen LogP contribution in [0.25, 0.3) is 0 Å². The number of aryl methyl sites for hydroxylation is 1. The first kappa shape index (κ1) is 14.0. The third-order valence-corrected chi connectivity index (χ3v) is 3.94. The molecule has 2 nitrogen and oxygen atoms in total. The van der Waals surface area contributed by atoms with Crippen LogP contribution in [-0.2, 0) is 6.42 Å². The van der Waals surface area contributed by atoms with Gasteiger partial charge in [-0.15, -0.1) is 0 Å². The van der Waals surface area contributed by atoms with Crippen molar-refractivity contribution in [2.75, 3.05) is 13.7 Å². The van der Waals surface area contributed by atoms with E-state index in [0.29, 0.717) is 12.2 Å². The highest BCUT2D eigenvalue weighted by Crippen LogP contribution is 2.33. The van der Waals surface area contributed by atoms with Crippen LogP contribution in [0, 0.1) is 18.6 Å². The van der Waals surface area contributed by atoms with Gasteiger partial charge in [0.05, 0.1) is 12.6 Å². The Hall–Kier alpha value is -1.94. The van der Waals surface area contributed by atoms with Crippen LogP contribution in [0.3, 0.4) is 0 Å². The van der Waals surface area contributed by atoms with E-state index in [-0.39, 0.29) is 5.56 Å². The summed E-state index contributed by atoms with van der Waals surface area (Å²) in [5.74, 6) is -0.168. The van der Waals surface area contributed by atoms with Crippen molar-refractivity contribution in [2.45, 2.75) is 19.4 Å². The van der Waals surface area contributed by atoms with Crippen molar-refractivity contribution >= 4 is 0 Å². The summed E-state index contributed by atoms with van der Waals surface area (Å²) in [7, 11) is 1.70. The summed E-state index contributed by atoms with van der Waals surface area (Å²) in [4.78, 5) is 0. The monoisotopic (exact) mass is 289 g/mol. The van der Waals surface area contributed by atoms with E-state index in [1.54, 1.807) is 14.0 Å². The molecule has 0 saturated carbocycles. The van der Waals surface area contributed by atoms with Gasteiger partial charge in [0.2, 0.25) is 0 Å². The van der Waals surface area contributed by atoms with Crippen LogP contribution >= 0.6 is 0 Å². The lowest BCUT2D eigenvalue weighted by molar-refractivity contribution is 0.357. The smallest absolute Gasteiger partial charge is 0.134 e. The second-order valence-electron chi connectivity index (χ2n) is 5.28. The van der Waals surface area contributed by atoms with Crippen molar-refractivity contribution in [3.8, 4) is 5.75 Å². The Balaban J connectivity index is 2.09. The number of rotatable bonds is 3. The van der Waals surface area contributed by atoms with Crippen molar-refractivity contribution < 1.29 is 13.5 Å². The van der Waals surface area contributed by atoms with E-state index in [2.05, 4.69) is 5.32 Å². The average molecular weight is 289 g/mol. The van der Waals surface area contributed by atoms with Gasteiger partial charge in [0, 0.05) is 12.0 Å². The molecule has 1 aliphatic heterocycles. The zero-order valence-electron chi connectivity index (χ0n) is 12.0. The normalized spacial score (nSPS) is 14.7. The maximum absolute atomic E-state index is 14.4. The maximum Gasteiger partial charge on any atom is 0.134 e. The molecule has 0 radical (unpaired) electrons. The number of hydrogen-bond donors (Lipinski definition) is 1. The van der Waals surface area contributed by atoms with Gasteiger partial charge < -0.3 is 10.1 Å². The number of nitrogens with one attached hydrogen (secondary N) is 1. The Labute approximate surface area is 122 Å². The lowest BCUT2D eigenvalue weighted by Crippen LogP contribution is -2.21. The molecule has 0 bridgehead atoms. The SMILES string of the molecule is CNC(c1ccc2c(c1)CCO2)c1c(F)ccc(C)c1F. The summed E-state index contributed by atoms with van der Waals surface area (Å²) in [6.45, 7) is 2.30. The van der Waals surface area contributed by atoms with Gasteiger partial charge in [-0.25, -0.2) is 8.78 Å². The van der Waals surface area contributed by atoms with Gasteiger partial charge in [-0.2, -0.15) is 0 Å². The summed E-state index contributed by atoms with van der Waals surface area (Å²) < 4.78 is 33.9. The van der Waals surface area contributed by atoms with Gasteiger partial charge in [0.1, 0.15) is 17.4 Å². The zero-order chi connectivity index (χ0) is 15.0. The lowest BCUT2D eigenvalue weighted by Gasteiger charge is -2.20. The Kier molecular flexibility index (Phi) is 3.64. The van der Waals surface area contributed by atoms with Crippen molar-refractivity contribution in [2.24, 2.45) is 0 Å². The number of benzene rings is 2. The van der Waals surface area contributed by atoms with Crippen molar-refractivity contribution in [3.63, 3.8) is 0 Å². The predicted octanol–water partition coefficient (Wildman–Crippen LogP) is 3.52. The molecule has 2 aromatic carbocycles. The first-order valence-electron chi connectivity index (χ1n) is 6.99. The fraction of sp³-hybridized carbons (Fsp3) is 0.294. The summed E-state index contributed by atoms with van der Waals surface area (Å²) in [5.41, 5.74) is 2.43. The van der Waals surface area contributed by atoms with E-state index in [1.807, 2.05) is 18.2 Å². The molecule has 21 heavy (non-hydrogen) atoms. The fourth-order valence-electron chi connectivity index (χ4n) is 2.81. The zero-order valence-corrected chi connectivity index (χ0v) is 12.0. The maximum atomic E-state index is 14.4. The highest BCUT2D eigenvalue weighted by Gasteiger charge is 2.23. The second-order valence-corrected chi connectivity index (χ2v) is 5.28. The lowest BCUT2D eigenvalue weighted by atomic mass is 9.94. The molecule has 0 amide bonds. The van der Waals surface area contributed by atoms with E-state index in [9.17, 15) is 8.78 Å². The average Bonchev–Trinajstić information content (AvgIpc) is 2.95. The molecule has 0 fully saturated rings. The van der Waals surface area contributed by atoms with Crippen molar-refractivity contribution in [3.05, 3.63) is 64.2 Å². The third kappa shape index (κ3) is 2.40. The molecule has 1 N–H and O–H groups in total. The topological polar surface area (TPSA) is 21.3 Å². The van der Waals surface area contributed by atoms with E-state index in [4.69, 9.17) is 4.74 Å². The van der Waals surface area contributed by atoms with E-state index in [0.717, 1.165) is 23.3 Å². The first-order valence-corrected chi connectivity index (χ1v) is 6.99. The summed E-state index contributed by atoms with van der Waals surface area (Å²) in [6.07, 6.45) is 0.832. The molecule has 110 valence electrons. The van der Waals surface area contributed by atoms with E-state index in [1.165, 1.54) is 12.1 Å². The number of hydrogen-bond acceptors (Lipinski definition) is 2. The summed E-state index contributed by atoms with van der Waals surface area (Å²) >= 11 is 0. The van der Waals surface area contributed by atoms with Crippen LogP contribution in [-0.4, -0.2) is 13.7 Å². The number of fused-ring (bicyclic) bond motifs is 1. The van der Waals surface area contributed by atoms with Crippen molar-refractivity contribution in [1.82, 2.24) is 5.32 Å². The largest absolute Gasteiger partial charge is 0.493 e. The Morgan fingerprint density at radius 2 is 2.00 bits per heavy atom. The minimum atomic E-state index is -0.533. The van der Waals surface area contributed by atoms with Gasteiger partial charge in [0.25, 0.3) is 0 Å². The van der Waals surface area contributed by atoms with Gasteiger partial charge in [0.15, 0.2) is 0 Å². The molecule has 1 unspecified atom stereocenters. The predicted molar refractivity (Wildman–Crippen MR) is 77.6 cm³/mol. The molecule has 3 rings (SSSR count). The van der Waals surface area contributed by atoms with Crippen LogP contribution in [0.1, 0.15) is 28.3 Å². The Bertz CT molecular complexity index is 685. The van der Waals surface area contributed by atoms with Crippen LogP contribution < -0.4 is 10.1 Å². The molecule has 1 aliphatic rings. The number of ether oxygens (including phenoxy) is 1. The van der Waals surface area contributed by atoms with Gasteiger partial charge >= 0.3 is 0 Å². The molecule has 2 aromatic rings. The third-order valence-electron chi connectivity index (χ3n) is 3.94. The standard InChI is InChI=1S/C17H17F2NO/c1-10-3-5-13(18)15(16(10)19)17(20-2)12-4-6-14-11(9-12)7-8-21-14/h3-6,9,17,20H,7-8H2,1-2H3. The Morgan fingerprint density at radius 3 is 2.76 bits per heavy atom. The van der Waals surface area contributed by atoms with Gasteiger partial charge in [-0.1, -0.05) is 18.2 Å². The molecular formula is C17H17F2NO. The van der Waals surface area contributed by atoms with Crippen LogP contribution in [0.15, 0.2) is 30.3 Å². The molecule has 0 aromatic heterocycles. The highest BCUT2D eigenvalue weighted by molar-refractivity contribution is 5.44. The molecular weight excluding hydrogens is 272 g/mol. The van der Waals surface area contributed by atoms with Crippen LogP contribution in [0.2, 0.25) is 0 Å². The first-order chi connectivity index (χ1) is 10.1. The minimum Gasteiger partial charge on any atom is -0.493 e. The van der Waals surface area contributed by atoms with E-state index >= 15 is 0 Å². The van der Waals surface area contributed by atoms with Crippen LogP contribution in [0.5, 0.6) is 5.75 Å². The van der Waals surface area contributed by atoms with Crippen molar-refractivity contribution in [1.29, 1.82) is 0 Å². The Morgan fingerprint density at radius 1 is 1.19 bits per heavy atom. The summed E-state index contributed by atoms with van der Waals surface area (Å²) in [5, 5.41) is 3.01. The molecule has 1 atom stereocenters. The molecule has 0 saturated heterocycles.